The summed E-state index contributed by atoms with van der Waals surface area (Å²) in [4.78, 5) is 40.1. The zero-order chi connectivity index (χ0) is 11.8. The Morgan fingerprint density at radius 3 is 1.88 bits per heavy atom. The molecule has 0 aliphatic rings. The standard InChI is InChI=1S/C4H4N2O2.H4O5P2.H2O/c7-3-1-2-5-4(8)6-3;1-6(2)5-7(3)4;/h1-2H,(H2,5,6,7,8);6-7H,(H,1,2)(H,3,4);1H2. The van der Waals surface area contributed by atoms with E-state index >= 15 is 0 Å². The van der Waals surface area contributed by atoms with Gasteiger partial charge in [-0.1, -0.05) is 0 Å². The van der Waals surface area contributed by atoms with Crippen LogP contribution in [0.3, 0.4) is 0 Å². The van der Waals surface area contributed by atoms with E-state index in [9.17, 15) is 18.7 Å². The van der Waals surface area contributed by atoms with Gasteiger partial charge in [-0.2, -0.15) is 0 Å². The van der Waals surface area contributed by atoms with Gasteiger partial charge in [-0.15, -0.1) is 0 Å². The van der Waals surface area contributed by atoms with E-state index in [-0.39, 0.29) is 11.0 Å². The first-order valence-electron chi connectivity index (χ1n) is 3.33. The Labute approximate surface area is 89.1 Å². The molecule has 1 aromatic rings. The minimum absolute atomic E-state index is 0. The zero-order valence-electron chi connectivity index (χ0n) is 7.59. The molecule has 1 aromatic heterocycles. The maximum absolute atomic E-state index is 10.2. The van der Waals surface area contributed by atoms with Crippen molar-refractivity contribution >= 4 is 16.5 Å². The third-order valence-corrected chi connectivity index (χ3v) is 2.26. The predicted molar refractivity (Wildman–Crippen MR) is 54.8 cm³/mol. The van der Waals surface area contributed by atoms with Gasteiger partial charge in [0.2, 0.25) is 0 Å². The van der Waals surface area contributed by atoms with Gasteiger partial charge in [-0.3, -0.25) is 18.9 Å². The van der Waals surface area contributed by atoms with Crippen LogP contribution < -0.4 is 11.2 Å². The summed E-state index contributed by atoms with van der Waals surface area (Å²) in [5, 5.41) is 0. The normalized spacial score (nSPS) is 12.6. The molecule has 0 saturated carbocycles. The van der Waals surface area contributed by atoms with Crippen molar-refractivity contribution in [2.75, 3.05) is 0 Å². The fraction of sp³-hybridized carbons (Fsp3) is 0. The lowest BCUT2D eigenvalue weighted by Gasteiger charge is -1.86. The molecule has 0 aromatic carbocycles. The van der Waals surface area contributed by atoms with Crippen molar-refractivity contribution in [1.82, 2.24) is 9.97 Å². The Bertz CT molecular complexity index is 414. The summed E-state index contributed by atoms with van der Waals surface area (Å²) in [5.74, 6) is 0. The van der Waals surface area contributed by atoms with E-state index in [2.05, 4.69) is 9.29 Å². The molecule has 94 valence electrons. The van der Waals surface area contributed by atoms with Crippen LogP contribution in [0.2, 0.25) is 0 Å². The van der Waals surface area contributed by atoms with Crippen LogP contribution in [0.5, 0.6) is 0 Å². The van der Waals surface area contributed by atoms with Crippen LogP contribution in [0.15, 0.2) is 21.9 Å². The van der Waals surface area contributed by atoms with Gasteiger partial charge < -0.3 is 20.2 Å². The molecule has 2 atom stereocenters. The van der Waals surface area contributed by atoms with Gasteiger partial charge in [-0.05, 0) is 0 Å². The fourth-order valence-electron chi connectivity index (χ4n) is 0.457. The average Bonchev–Trinajstić information content (AvgIpc) is 2.01. The van der Waals surface area contributed by atoms with E-state index < -0.39 is 22.2 Å². The molecular formula is C4H10N2O8P2. The molecular weight excluding hydrogens is 266 g/mol. The van der Waals surface area contributed by atoms with E-state index in [0.717, 1.165) is 0 Å². The van der Waals surface area contributed by atoms with E-state index in [1.165, 1.54) is 12.3 Å². The molecule has 10 nitrogen and oxygen atoms in total. The van der Waals surface area contributed by atoms with Crippen LogP contribution in [0, 0.1) is 0 Å². The highest BCUT2D eigenvalue weighted by Crippen LogP contribution is 2.30. The second kappa shape index (κ2) is 9.22. The lowest BCUT2D eigenvalue weighted by atomic mass is 10.7. The third-order valence-electron chi connectivity index (χ3n) is 0.860. The molecule has 12 heteroatoms. The van der Waals surface area contributed by atoms with Crippen molar-refractivity contribution in [1.29, 1.82) is 0 Å². The maximum Gasteiger partial charge on any atom is 0.325 e. The van der Waals surface area contributed by atoms with Crippen molar-refractivity contribution in [3.8, 4) is 0 Å². The number of aromatic nitrogens is 2. The summed E-state index contributed by atoms with van der Waals surface area (Å²) >= 11 is 0. The van der Waals surface area contributed by atoms with Crippen molar-refractivity contribution in [3.63, 3.8) is 0 Å². The topological polar surface area (TPSA) is 181 Å². The van der Waals surface area contributed by atoms with Crippen LogP contribution in [-0.2, 0) is 13.4 Å². The fourth-order valence-corrected chi connectivity index (χ4v) is 1.05. The van der Waals surface area contributed by atoms with Gasteiger partial charge in [-0.25, -0.2) is 9.11 Å². The molecule has 0 spiro atoms. The summed E-state index contributed by atoms with van der Waals surface area (Å²) < 4.78 is 22.3. The molecule has 1 heterocycles. The molecule has 0 amide bonds. The summed E-state index contributed by atoms with van der Waals surface area (Å²) in [7, 11) is -6.40. The van der Waals surface area contributed by atoms with Gasteiger partial charge in [0.05, 0.1) is 0 Å². The zero-order valence-corrected chi connectivity index (χ0v) is 9.59. The van der Waals surface area contributed by atoms with Crippen LogP contribution in [0.1, 0.15) is 0 Å². The quantitative estimate of drug-likeness (QED) is 0.450. The first-order valence-corrected chi connectivity index (χ1v) is 5.86. The average molecular weight is 276 g/mol. The van der Waals surface area contributed by atoms with Gasteiger partial charge in [0.25, 0.3) is 5.56 Å². The van der Waals surface area contributed by atoms with Crippen molar-refractivity contribution in [3.05, 3.63) is 33.1 Å². The van der Waals surface area contributed by atoms with Crippen molar-refractivity contribution in [2.45, 2.75) is 0 Å². The highest BCUT2D eigenvalue weighted by atomic mass is 31.2. The number of hydrogen-bond donors (Lipinski definition) is 4. The maximum atomic E-state index is 10.2. The lowest BCUT2D eigenvalue weighted by molar-refractivity contribution is 0.371. The minimum Gasteiger partial charge on any atom is -0.412 e. The number of hydrogen-bond acceptors (Lipinski definition) is 5. The van der Waals surface area contributed by atoms with Crippen LogP contribution in [0.25, 0.3) is 0 Å². The number of rotatable bonds is 2. The van der Waals surface area contributed by atoms with E-state index in [1.807, 2.05) is 4.98 Å². The highest BCUT2D eigenvalue weighted by molar-refractivity contribution is 7.46. The van der Waals surface area contributed by atoms with Gasteiger partial charge in [0.15, 0.2) is 0 Å². The van der Waals surface area contributed by atoms with Crippen molar-refractivity contribution < 1.29 is 28.7 Å². The Morgan fingerprint density at radius 1 is 1.19 bits per heavy atom. The molecule has 0 saturated heterocycles. The molecule has 0 bridgehead atoms. The van der Waals surface area contributed by atoms with Gasteiger partial charge in [0, 0.05) is 12.3 Å². The largest absolute Gasteiger partial charge is 0.412 e. The number of nitrogens with one attached hydrogen (secondary N) is 2. The monoisotopic (exact) mass is 276 g/mol. The molecule has 0 aliphatic carbocycles. The summed E-state index contributed by atoms with van der Waals surface area (Å²) in [5.41, 5.74) is -0.855. The summed E-state index contributed by atoms with van der Waals surface area (Å²) in [6, 6.07) is 1.24. The number of H-pyrrole nitrogens is 2. The van der Waals surface area contributed by atoms with Crippen molar-refractivity contribution in [2.24, 2.45) is 0 Å². The molecule has 0 radical (unpaired) electrons. The second-order valence-electron chi connectivity index (χ2n) is 1.93. The molecule has 1 rings (SSSR count). The Kier molecular flexibility index (Phi) is 10.0. The summed E-state index contributed by atoms with van der Waals surface area (Å²) in [6.07, 6.45) is 1.29. The lowest BCUT2D eigenvalue weighted by Crippen LogP contribution is -2.19. The summed E-state index contributed by atoms with van der Waals surface area (Å²) in [6.45, 7) is 0. The van der Waals surface area contributed by atoms with Crippen LogP contribution >= 0.6 is 16.5 Å². The van der Waals surface area contributed by atoms with Crippen LogP contribution in [0.4, 0.5) is 0 Å². The van der Waals surface area contributed by atoms with E-state index in [4.69, 9.17) is 9.79 Å². The Balaban J connectivity index is 0. The molecule has 0 aliphatic heterocycles. The third kappa shape index (κ3) is 11.1. The highest BCUT2D eigenvalue weighted by Gasteiger charge is 1.93. The molecule has 0 fully saturated rings. The first-order chi connectivity index (χ1) is 6.91. The molecule has 6 N–H and O–H groups in total. The first kappa shape index (κ1) is 17.4. The predicted octanol–water partition coefficient (Wildman–Crippen LogP) is -1.99. The second-order valence-corrected chi connectivity index (χ2v) is 3.81. The molecule has 16 heavy (non-hydrogen) atoms. The number of aromatic amines is 2. The van der Waals surface area contributed by atoms with Gasteiger partial charge in [0.1, 0.15) is 0 Å². The SMILES string of the molecule is O.O=[PH](O)O[PH](=O)O.O=c1cc[nH]c(=O)[nH]1. The minimum atomic E-state index is -3.20. The van der Waals surface area contributed by atoms with Gasteiger partial charge >= 0.3 is 22.2 Å². The Hall–Kier alpha value is -1.02. The Morgan fingerprint density at radius 2 is 1.69 bits per heavy atom. The smallest absolute Gasteiger partial charge is 0.325 e. The van der Waals surface area contributed by atoms with E-state index in [1.54, 1.807) is 0 Å². The molecule has 2 unspecified atom stereocenters. The van der Waals surface area contributed by atoms with Crippen LogP contribution in [-0.4, -0.2) is 25.2 Å². The van der Waals surface area contributed by atoms with E-state index in [0.29, 0.717) is 0 Å².